The smallest absolute Gasteiger partial charge is 0.352 e. The zero-order valence-electron chi connectivity index (χ0n) is 12.1. The number of hydrogen-bond acceptors (Lipinski definition) is 3. The predicted octanol–water partition coefficient (Wildman–Crippen LogP) is 2.98. The van der Waals surface area contributed by atoms with Crippen molar-refractivity contribution in [3.05, 3.63) is 35.1 Å². The molecule has 1 saturated heterocycles. The average molecular weight is 373 g/mol. The Morgan fingerprint density at radius 1 is 1.39 bits per heavy atom. The van der Waals surface area contributed by atoms with Crippen LogP contribution in [-0.4, -0.2) is 30.0 Å². The molecule has 1 atom stereocenters. The lowest BCUT2D eigenvalue weighted by Crippen LogP contribution is -2.41. The van der Waals surface area contributed by atoms with Crippen molar-refractivity contribution in [3.8, 4) is 0 Å². The van der Waals surface area contributed by atoms with Crippen LogP contribution in [0.2, 0.25) is 0 Å². The number of thioether (sulfide) groups is 1. The minimum Gasteiger partial charge on any atom is -0.352 e. The van der Waals surface area contributed by atoms with E-state index >= 15 is 0 Å². The highest BCUT2D eigenvalue weighted by Crippen LogP contribution is 2.32. The van der Waals surface area contributed by atoms with Crippen molar-refractivity contribution in [1.82, 2.24) is 10.6 Å². The molecule has 0 bridgehead atoms. The first-order chi connectivity index (χ1) is 10.4. The zero-order chi connectivity index (χ0) is 16.2. The third kappa shape index (κ3) is 6.19. The molecule has 3 nitrogen and oxygen atoms in total. The van der Waals surface area contributed by atoms with E-state index in [4.69, 9.17) is 0 Å². The van der Waals surface area contributed by atoms with Gasteiger partial charge in [-0.2, -0.15) is 24.9 Å². The summed E-state index contributed by atoms with van der Waals surface area (Å²) in [6, 6.07) is 2.48. The lowest BCUT2D eigenvalue weighted by atomic mass is 10.1. The van der Waals surface area contributed by atoms with Crippen LogP contribution in [0.15, 0.2) is 18.2 Å². The molecule has 130 valence electrons. The van der Waals surface area contributed by atoms with Crippen LogP contribution in [0.3, 0.4) is 0 Å². The van der Waals surface area contributed by atoms with Gasteiger partial charge in [-0.3, -0.25) is 4.79 Å². The van der Waals surface area contributed by atoms with E-state index < -0.39 is 17.6 Å². The molecule has 0 radical (unpaired) electrons. The highest BCUT2D eigenvalue weighted by atomic mass is 35.5. The third-order valence-electron chi connectivity index (χ3n) is 3.28. The fourth-order valence-electron chi connectivity index (χ4n) is 2.21. The maximum absolute atomic E-state index is 13.0. The van der Waals surface area contributed by atoms with E-state index in [2.05, 4.69) is 10.6 Å². The van der Waals surface area contributed by atoms with Crippen molar-refractivity contribution in [3.63, 3.8) is 0 Å². The summed E-state index contributed by atoms with van der Waals surface area (Å²) < 4.78 is 51.5. The lowest BCUT2D eigenvalue weighted by molar-refractivity contribution is -0.138. The Hall–Kier alpha value is -0.990. The number of nitrogens with one attached hydrogen (secondary N) is 2. The van der Waals surface area contributed by atoms with E-state index in [1.54, 1.807) is 11.8 Å². The quantitative estimate of drug-likeness (QED) is 0.798. The fourth-order valence-corrected chi connectivity index (χ4v) is 3.16. The summed E-state index contributed by atoms with van der Waals surface area (Å²) in [6.07, 6.45) is -4.43. The van der Waals surface area contributed by atoms with Crippen LogP contribution in [0.1, 0.15) is 17.5 Å². The minimum absolute atomic E-state index is 0. The van der Waals surface area contributed by atoms with E-state index in [1.807, 2.05) is 0 Å². The van der Waals surface area contributed by atoms with Gasteiger partial charge in [0.15, 0.2) is 0 Å². The molecular weight excluding hydrogens is 356 g/mol. The summed E-state index contributed by atoms with van der Waals surface area (Å²) in [5, 5.41) is 5.65. The van der Waals surface area contributed by atoms with Crippen LogP contribution in [0.25, 0.3) is 0 Å². The molecular formula is C14H17ClF4N2OS. The zero-order valence-corrected chi connectivity index (χ0v) is 13.7. The highest BCUT2D eigenvalue weighted by Gasteiger charge is 2.33. The van der Waals surface area contributed by atoms with Gasteiger partial charge >= 0.3 is 6.18 Å². The molecule has 1 fully saturated rings. The SMILES string of the molecule is Cl.O=C(CC1CSCCN1)NCc1ccc(F)cc1C(F)(F)F. The Balaban J connectivity index is 0.00000264. The molecule has 1 aromatic carbocycles. The van der Waals surface area contributed by atoms with E-state index in [0.29, 0.717) is 6.07 Å². The molecule has 1 aromatic rings. The Morgan fingerprint density at radius 2 is 2.13 bits per heavy atom. The van der Waals surface area contributed by atoms with Crippen molar-refractivity contribution in [2.75, 3.05) is 18.1 Å². The number of carbonyl (C=O) groups is 1. The first-order valence-corrected chi connectivity index (χ1v) is 7.95. The maximum Gasteiger partial charge on any atom is 0.416 e. The van der Waals surface area contributed by atoms with Crippen molar-refractivity contribution in [1.29, 1.82) is 0 Å². The van der Waals surface area contributed by atoms with Gasteiger partial charge in [0.25, 0.3) is 0 Å². The second-order valence-corrected chi connectivity index (χ2v) is 6.16. The van der Waals surface area contributed by atoms with Crippen LogP contribution >= 0.6 is 24.2 Å². The second-order valence-electron chi connectivity index (χ2n) is 5.01. The number of rotatable bonds is 4. The monoisotopic (exact) mass is 372 g/mol. The Kier molecular flexibility index (Phi) is 7.63. The second kappa shape index (κ2) is 8.75. The fraction of sp³-hybridized carbons (Fsp3) is 0.500. The van der Waals surface area contributed by atoms with Gasteiger partial charge in [0.1, 0.15) is 5.82 Å². The van der Waals surface area contributed by atoms with Crippen LogP contribution in [0, 0.1) is 5.82 Å². The van der Waals surface area contributed by atoms with Crippen molar-refractivity contribution >= 4 is 30.1 Å². The topological polar surface area (TPSA) is 41.1 Å². The van der Waals surface area contributed by atoms with Crippen LogP contribution in [0.4, 0.5) is 17.6 Å². The molecule has 1 unspecified atom stereocenters. The normalized spacial score (nSPS) is 18.2. The van der Waals surface area contributed by atoms with Gasteiger partial charge < -0.3 is 10.6 Å². The maximum atomic E-state index is 13.0. The lowest BCUT2D eigenvalue weighted by Gasteiger charge is -2.22. The Labute approximate surface area is 142 Å². The number of benzene rings is 1. The molecule has 0 aromatic heterocycles. The number of hydrogen-bond donors (Lipinski definition) is 2. The van der Waals surface area contributed by atoms with E-state index in [1.165, 1.54) is 0 Å². The molecule has 0 spiro atoms. The van der Waals surface area contributed by atoms with Crippen molar-refractivity contribution < 1.29 is 22.4 Å². The highest BCUT2D eigenvalue weighted by molar-refractivity contribution is 7.99. The summed E-state index contributed by atoms with van der Waals surface area (Å²) in [7, 11) is 0. The molecule has 2 N–H and O–H groups in total. The largest absolute Gasteiger partial charge is 0.416 e. The average Bonchev–Trinajstić information content (AvgIpc) is 2.46. The Bertz CT molecular complexity index is 536. The predicted molar refractivity (Wildman–Crippen MR) is 84.2 cm³/mol. The summed E-state index contributed by atoms with van der Waals surface area (Å²) in [6.45, 7) is 0.548. The van der Waals surface area contributed by atoms with Crippen molar-refractivity contribution in [2.45, 2.75) is 25.2 Å². The molecule has 9 heteroatoms. The standard InChI is InChI=1S/C14H16F4N2OS.ClH/c15-10-2-1-9(12(5-10)14(16,17)18)7-20-13(21)6-11-8-22-4-3-19-11;/h1-2,5,11,19H,3-4,6-8H2,(H,20,21);1H. The van der Waals surface area contributed by atoms with Gasteiger partial charge in [-0.1, -0.05) is 6.07 Å². The number of carbonyl (C=O) groups excluding carboxylic acids is 1. The van der Waals surface area contributed by atoms with Gasteiger partial charge in [-0.25, -0.2) is 4.39 Å². The minimum atomic E-state index is -4.65. The van der Waals surface area contributed by atoms with Gasteiger partial charge in [0, 0.05) is 37.1 Å². The van der Waals surface area contributed by atoms with Crippen LogP contribution < -0.4 is 10.6 Å². The Morgan fingerprint density at radius 3 is 2.74 bits per heavy atom. The van der Waals surface area contributed by atoms with Crippen molar-refractivity contribution in [2.24, 2.45) is 0 Å². The van der Waals surface area contributed by atoms with Gasteiger partial charge in [-0.05, 0) is 17.7 Å². The number of amides is 1. The molecule has 0 saturated carbocycles. The molecule has 1 aliphatic heterocycles. The van der Waals surface area contributed by atoms with E-state index in [0.717, 1.165) is 30.2 Å². The molecule has 1 amide bonds. The van der Waals surface area contributed by atoms with Gasteiger partial charge in [0.05, 0.1) is 5.56 Å². The third-order valence-corrected chi connectivity index (χ3v) is 4.41. The van der Waals surface area contributed by atoms with Crippen LogP contribution in [-0.2, 0) is 17.5 Å². The summed E-state index contributed by atoms with van der Waals surface area (Å²) >= 11 is 1.73. The molecule has 1 heterocycles. The summed E-state index contributed by atoms with van der Waals surface area (Å²) in [4.78, 5) is 11.8. The summed E-state index contributed by atoms with van der Waals surface area (Å²) in [5.41, 5.74) is -1.20. The molecule has 2 rings (SSSR count). The number of alkyl halides is 3. The van der Waals surface area contributed by atoms with E-state index in [-0.39, 0.29) is 42.9 Å². The molecule has 23 heavy (non-hydrogen) atoms. The molecule has 1 aliphatic rings. The van der Waals surface area contributed by atoms with Gasteiger partial charge in [0.2, 0.25) is 5.91 Å². The first-order valence-electron chi connectivity index (χ1n) is 6.79. The number of halogens is 5. The van der Waals surface area contributed by atoms with E-state index in [9.17, 15) is 22.4 Å². The molecule has 0 aliphatic carbocycles. The summed E-state index contributed by atoms with van der Waals surface area (Å²) in [5.74, 6) is 0.517. The van der Waals surface area contributed by atoms with Crippen LogP contribution in [0.5, 0.6) is 0 Å². The first kappa shape index (κ1) is 20.1. The van der Waals surface area contributed by atoms with Gasteiger partial charge in [-0.15, -0.1) is 12.4 Å².